The highest BCUT2D eigenvalue weighted by Crippen LogP contribution is 2.07. The minimum Gasteiger partial charge on any atom is -0.443 e. The maximum atomic E-state index is 11.6. The number of aliphatic hydroxyl groups is 1. The Hall–Kier alpha value is -1.55. The Morgan fingerprint density at radius 1 is 1.33 bits per heavy atom. The fourth-order valence-electron chi connectivity index (χ4n) is 1.51. The van der Waals surface area contributed by atoms with Crippen molar-refractivity contribution in [1.29, 1.82) is 0 Å². The zero-order valence-electron chi connectivity index (χ0n) is 11.1. The summed E-state index contributed by atoms with van der Waals surface area (Å²) in [6, 6.07) is 9.63. The molecule has 0 heterocycles. The van der Waals surface area contributed by atoms with Crippen molar-refractivity contribution < 1.29 is 14.6 Å². The molecule has 1 aromatic rings. The molecule has 0 radical (unpaired) electrons. The molecule has 0 aliphatic carbocycles. The summed E-state index contributed by atoms with van der Waals surface area (Å²) < 4.78 is 5.18. The lowest BCUT2D eigenvalue weighted by Crippen LogP contribution is -2.43. The topological polar surface area (TPSA) is 58.6 Å². The number of hydrogen-bond acceptors (Lipinski definition) is 3. The van der Waals surface area contributed by atoms with E-state index in [-0.39, 0.29) is 12.1 Å². The second-order valence-electron chi connectivity index (χ2n) is 5.27. The van der Waals surface area contributed by atoms with Gasteiger partial charge in [0.15, 0.2) is 0 Å². The minimum atomic E-state index is -0.519. The van der Waals surface area contributed by atoms with Crippen molar-refractivity contribution in [2.45, 2.75) is 38.8 Å². The average Bonchev–Trinajstić information content (AvgIpc) is 2.27. The van der Waals surface area contributed by atoms with E-state index < -0.39 is 12.2 Å². The molecule has 0 saturated heterocycles. The number of carbonyl (C=O) groups is 1. The first-order valence-electron chi connectivity index (χ1n) is 6.04. The van der Waals surface area contributed by atoms with Crippen molar-refractivity contribution in [1.82, 2.24) is 5.32 Å². The van der Waals surface area contributed by atoms with E-state index >= 15 is 0 Å². The number of nitrogens with one attached hydrogen (secondary N) is 1. The van der Waals surface area contributed by atoms with Gasteiger partial charge in [0.2, 0.25) is 0 Å². The van der Waals surface area contributed by atoms with Gasteiger partial charge >= 0.3 is 6.09 Å². The fourth-order valence-corrected chi connectivity index (χ4v) is 1.51. The van der Waals surface area contributed by atoms with Crippen LogP contribution in [0.1, 0.15) is 26.3 Å². The highest BCUT2D eigenvalue weighted by molar-refractivity contribution is 5.68. The monoisotopic (exact) mass is 251 g/mol. The summed E-state index contributed by atoms with van der Waals surface area (Å²) in [5.74, 6) is 0. The number of benzene rings is 1. The van der Waals surface area contributed by atoms with Crippen LogP contribution in [0.4, 0.5) is 4.79 Å². The van der Waals surface area contributed by atoms with Gasteiger partial charge < -0.3 is 15.2 Å². The highest BCUT2D eigenvalue weighted by atomic mass is 16.6. The minimum absolute atomic E-state index is 0.188. The zero-order valence-corrected chi connectivity index (χ0v) is 11.1. The van der Waals surface area contributed by atoms with E-state index in [0.717, 1.165) is 5.56 Å². The molecule has 1 aromatic carbocycles. The van der Waals surface area contributed by atoms with Crippen molar-refractivity contribution in [3.63, 3.8) is 0 Å². The van der Waals surface area contributed by atoms with Crippen molar-refractivity contribution in [2.75, 3.05) is 6.61 Å². The number of ether oxygens (including phenoxy) is 1. The van der Waals surface area contributed by atoms with Crippen LogP contribution in [-0.2, 0) is 11.2 Å². The average molecular weight is 251 g/mol. The van der Waals surface area contributed by atoms with Crippen LogP contribution in [0.3, 0.4) is 0 Å². The maximum absolute atomic E-state index is 11.6. The largest absolute Gasteiger partial charge is 0.443 e. The smallest absolute Gasteiger partial charge is 0.407 e. The lowest BCUT2D eigenvalue weighted by molar-refractivity contribution is 0.0538. The van der Waals surface area contributed by atoms with E-state index in [1.54, 1.807) is 0 Å². The van der Waals surface area contributed by atoms with Crippen molar-refractivity contribution >= 4 is 6.09 Å². The van der Waals surface area contributed by atoms with Gasteiger partial charge in [-0.2, -0.15) is 0 Å². The Balaban J connectivity index is 2.50. The normalized spacial score (nSPS) is 12.9. The molecular formula is C14H21NO3. The number of amides is 1. The quantitative estimate of drug-likeness (QED) is 0.861. The Morgan fingerprint density at radius 2 is 1.94 bits per heavy atom. The number of aliphatic hydroxyl groups excluding tert-OH is 1. The van der Waals surface area contributed by atoms with Gasteiger partial charge in [0, 0.05) is 12.0 Å². The van der Waals surface area contributed by atoms with Gasteiger partial charge in [0.25, 0.3) is 0 Å². The van der Waals surface area contributed by atoms with Crippen LogP contribution in [0.5, 0.6) is 0 Å². The molecule has 100 valence electrons. The van der Waals surface area contributed by atoms with E-state index in [2.05, 4.69) is 5.32 Å². The first kappa shape index (κ1) is 14.5. The highest BCUT2D eigenvalue weighted by Gasteiger charge is 2.18. The van der Waals surface area contributed by atoms with E-state index in [1.807, 2.05) is 51.1 Å². The van der Waals surface area contributed by atoms with Gasteiger partial charge in [-0.1, -0.05) is 30.3 Å². The van der Waals surface area contributed by atoms with E-state index in [1.165, 1.54) is 0 Å². The molecule has 0 bridgehead atoms. The molecule has 1 atom stereocenters. The molecule has 0 spiro atoms. The summed E-state index contributed by atoms with van der Waals surface area (Å²) in [7, 11) is 0. The molecule has 1 rings (SSSR count). The molecular weight excluding hydrogens is 230 g/mol. The van der Waals surface area contributed by atoms with E-state index in [4.69, 9.17) is 4.74 Å². The predicted molar refractivity (Wildman–Crippen MR) is 70.4 cm³/mol. The number of carbonyl (C=O) groups excluding carboxylic acids is 1. The Bertz CT molecular complexity index is 370. The summed E-state index contributed by atoms with van der Waals surface area (Å²) in [4.78, 5) is 11.6. The molecule has 0 aromatic heterocycles. The third-order valence-corrected chi connectivity index (χ3v) is 2.26. The lowest BCUT2D eigenvalue weighted by atomic mass is 10.1. The summed E-state index contributed by atoms with van der Waals surface area (Å²) >= 11 is 0. The van der Waals surface area contributed by atoms with Crippen LogP contribution in [0, 0.1) is 0 Å². The van der Waals surface area contributed by atoms with E-state index in [0.29, 0.717) is 6.42 Å². The molecule has 0 aliphatic heterocycles. The van der Waals surface area contributed by atoms with Crippen LogP contribution in [0.25, 0.3) is 0 Å². The van der Waals surface area contributed by atoms with Gasteiger partial charge in [-0.3, -0.25) is 0 Å². The molecule has 0 fully saturated rings. The molecule has 4 heteroatoms. The Kier molecular flexibility index (Phi) is 5.16. The van der Waals surface area contributed by atoms with Crippen LogP contribution in [-0.4, -0.2) is 29.4 Å². The van der Waals surface area contributed by atoms with Gasteiger partial charge in [0.1, 0.15) is 6.10 Å². The molecule has 4 nitrogen and oxygen atoms in total. The molecule has 0 unspecified atom stereocenters. The molecule has 0 saturated carbocycles. The van der Waals surface area contributed by atoms with E-state index in [9.17, 15) is 9.90 Å². The second kappa shape index (κ2) is 6.40. The SMILES string of the molecule is CC(C)(C)NC(=O)O[C@@H](CO)Cc1ccccc1. The first-order valence-corrected chi connectivity index (χ1v) is 6.04. The third kappa shape index (κ3) is 5.68. The zero-order chi connectivity index (χ0) is 13.6. The second-order valence-corrected chi connectivity index (χ2v) is 5.27. The van der Waals surface area contributed by atoms with Crippen LogP contribution in [0.2, 0.25) is 0 Å². The summed E-state index contributed by atoms with van der Waals surface area (Å²) in [6.07, 6.45) is -0.512. The van der Waals surface area contributed by atoms with Crippen molar-refractivity contribution in [3.05, 3.63) is 35.9 Å². The number of hydrogen-bond donors (Lipinski definition) is 2. The van der Waals surface area contributed by atoms with Gasteiger partial charge in [-0.05, 0) is 26.3 Å². The number of alkyl carbamates (subject to hydrolysis) is 1. The predicted octanol–water partition coefficient (Wildman–Crippen LogP) is 2.11. The Labute approximate surface area is 108 Å². The molecule has 0 aliphatic rings. The van der Waals surface area contributed by atoms with Crippen LogP contribution >= 0.6 is 0 Å². The number of rotatable bonds is 4. The molecule has 18 heavy (non-hydrogen) atoms. The van der Waals surface area contributed by atoms with Gasteiger partial charge in [0.05, 0.1) is 6.61 Å². The van der Waals surface area contributed by atoms with Crippen molar-refractivity contribution in [2.24, 2.45) is 0 Å². The third-order valence-electron chi connectivity index (χ3n) is 2.26. The van der Waals surface area contributed by atoms with Crippen LogP contribution in [0.15, 0.2) is 30.3 Å². The first-order chi connectivity index (χ1) is 8.40. The van der Waals surface area contributed by atoms with Crippen LogP contribution < -0.4 is 5.32 Å². The summed E-state index contributed by atoms with van der Waals surface area (Å²) in [5.41, 5.74) is 0.684. The van der Waals surface area contributed by atoms with Gasteiger partial charge in [-0.15, -0.1) is 0 Å². The summed E-state index contributed by atoms with van der Waals surface area (Å²) in [5, 5.41) is 11.9. The Morgan fingerprint density at radius 3 is 2.44 bits per heavy atom. The maximum Gasteiger partial charge on any atom is 0.407 e. The van der Waals surface area contributed by atoms with Crippen molar-refractivity contribution in [3.8, 4) is 0 Å². The summed E-state index contributed by atoms with van der Waals surface area (Å²) in [6.45, 7) is 5.44. The fraction of sp³-hybridized carbons (Fsp3) is 0.500. The van der Waals surface area contributed by atoms with Gasteiger partial charge in [-0.25, -0.2) is 4.79 Å². The lowest BCUT2D eigenvalue weighted by Gasteiger charge is -2.22. The molecule has 2 N–H and O–H groups in total. The molecule has 1 amide bonds. The standard InChI is InChI=1S/C14H21NO3/c1-14(2,3)15-13(17)18-12(10-16)9-11-7-5-4-6-8-11/h4-8,12,16H,9-10H2,1-3H3,(H,15,17)/t12-/m1/s1.